The number of amides is 3. The molecule has 3 amide bonds. The summed E-state index contributed by atoms with van der Waals surface area (Å²) in [6.45, 7) is 12.4. The Labute approximate surface area is 212 Å². The minimum absolute atomic E-state index is 0.0687. The highest BCUT2D eigenvalue weighted by molar-refractivity contribution is 5.93. The van der Waals surface area contributed by atoms with Crippen molar-refractivity contribution < 1.29 is 29.0 Å². The van der Waals surface area contributed by atoms with Crippen molar-refractivity contribution in [3.8, 4) is 5.75 Å². The summed E-state index contributed by atoms with van der Waals surface area (Å²) < 4.78 is 5.76. The second kappa shape index (κ2) is 12.4. The predicted octanol–water partition coefficient (Wildman–Crippen LogP) is 2.41. The van der Waals surface area contributed by atoms with Gasteiger partial charge >= 0.3 is 5.97 Å². The molecule has 0 aromatic heterocycles. The van der Waals surface area contributed by atoms with Crippen LogP contribution in [0.1, 0.15) is 46.6 Å². The Kier molecular flexibility index (Phi) is 9.84. The van der Waals surface area contributed by atoms with Crippen LogP contribution in [-0.2, 0) is 23.9 Å². The molecular weight excluding hydrogens is 462 g/mol. The highest BCUT2D eigenvalue weighted by atomic mass is 16.5. The number of aromatic hydroxyl groups is 1. The monoisotopic (exact) mass is 499 g/mol. The molecule has 0 unspecified atom stereocenters. The van der Waals surface area contributed by atoms with Crippen molar-refractivity contribution in [1.29, 1.82) is 0 Å². The number of nitrogens with one attached hydrogen (secondary N) is 2. The molecule has 9 heteroatoms. The van der Waals surface area contributed by atoms with Gasteiger partial charge in [-0.3, -0.25) is 19.2 Å². The molecule has 1 aliphatic rings. The van der Waals surface area contributed by atoms with Crippen LogP contribution in [0.3, 0.4) is 0 Å². The first kappa shape index (κ1) is 28.6. The molecule has 1 fully saturated rings. The molecule has 4 atom stereocenters. The lowest BCUT2D eigenvalue weighted by Crippen LogP contribution is -2.55. The maximum absolute atomic E-state index is 12.9. The summed E-state index contributed by atoms with van der Waals surface area (Å²) in [5.74, 6) is -2.58. The summed E-state index contributed by atoms with van der Waals surface area (Å²) in [4.78, 5) is 52.6. The number of phenols is 1. The van der Waals surface area contributed by atoms with Gasteiger partial charge in [0.25, 0.3) is 0 Å². The zero-order valence-corrected chi connectivity index (χ0v) is 21.8. The highest BCUT2D eigenvalue weighted by Gasteiger charge is 2.34. The smallest absolute Gasteiger partial charge is 0.326 e. The van der Waals surface area contributed by atoms with Crippen molar-refractivity contribution in [1.82, 2.24) is 15.5 Å². The van der Waals surface area contributed by atoms with Gasteiger partial charge in [0.05, 0.1) is 0 Å². The summed E-state index contributed by atoms with van der Waals surface area (Å²) >= 11 is 0. The number of esters is 1. The van der Waals surface area contributed by atoms with Crippen molar-refractivity contribution in [3.05, 3.63) is 47.6 Å². The molecule has 0 bridgehead atoms. The van der Waals surface area contributed by atoms with Gasteiger partial charge in [-0.25, -0.2) is 0 Å². The van der Waals surface area contributed by atoms with Gasteiger partial charge in [-0.1, -0.05) is 51.1 Å². The minimum atomic E-state index is -0.856. The van der Waals surface area contributed by atoms with Crippen molar-refractivity contribution in [3.63, 3.8) is 0 Å². The predicted molar refractivity (Wildman–Crippen MR) is 137 cm³/mol. The first-order valence-electron chi connectivity index (χ1n) is 12.0. The fourth-order valence-electron chi connectivity index (χ4n) is 4.30. The van der Waals surface area contributed by atoms with Crippen molar-refractivity contribution >= 4 is 29.8 Å². The zero-order valence-electron chi connectivity index (χ0n) is 21.8. The lowest BCUT2D eigenvalue weighted by Gasteiger charge is -2.32. The van der Waals surface area contributed by atoms with Gasteiger partial charge in [-0.15, -0.1) is 0 Å². The molecule has 0 saturated carbocycles. The number of cyclic esters (lactones) is 1. The normalized spacial score (nSPS) is 25.6. The number of hydrogen-bond acceptors (Lipinski definition) is 6. The van der Waals surface area contributed by atoms with Crippen LogP contribution in [0.25, 0.3) is 6.08 Å². The summed E-state index contributed by atoms with van der Waals surface area (Å²) in [7, 11) is 1.50. The Bertz CT molecular complexity index is 1050. The Morgan fingerprint density at radius 1 is 1.22 bits per heavy atom. The van der Waals surface area contributed by atoms with E-state index in [1.165, 1.54) is 11.9 Å². The largest absolute Gasteiger partial charge is 0.508 e. The van der Waals surface area contributed by atoms with Gasteiger partial charge < -0.3 is 25.4 Å². The fraction of sp³-hybridized carbons (Fsp3) is 0.481. The van der Waals surface area contributed by atoms with Crippen LogP contribution in [-0.4, -0.2) is 65.5 Å². The van der Waals surface area contributed by atoms with Gasteiger partial charge in [0.15, 0.2) is 0 Å². The molecule has 9 nitrogen and oxygen atoms in total. The Balaban J connectivity index is 2.42. The molecule has 0 spiro atoms. The number of likely N-dealkylation sites (N-methyl/N-ethyl adjacent to an activating group) is 1. The number of rotatable bonds is 3. The van der Waals surface area contributed by atoms with Crippen LogP contribution in [0.2, 0.25) is 0 Å². The van der Waals surface area contributed by atoms with Crippen LogP contribution < -0.4 is 10.6 Å². The summed E-state index contributed by atoms with van der Waals surface area (Å²) in [5, 5.41) is 15.0. The third kappa shape index (κ3) is 7.44. The molecule has 0 aliphatic carbocycles. The first-order valence-corrected chi connectivity index (χ1v) is 12.0. The Hall–Kier alpha value is -3.62. The number of phenolic OH excluding ortho intramolecular Hbond substituents is 1. The summed E-state index contributed by atoms with van der Waals surface area (Å²) in [6.07, 6.45) is 0.935. The van der Waals surface area contributed by atoms with E-state index in [9.17, 15) is 24.3 Å². The van der Waals surface area contributed by atoms with Gasteiger partial charge in [0.2, 0.25) is 17.7 Å². The van der Waals surface area contributed by atoms with Crippen molar-refractivity contribution in [2.45, 2.75) is 59.2 Å². The third-order valence-corrected chi connectivity index (χ3v) is 6.28. The van der Waals surface area contributed by atoms with E-state index in [1.807, 2.05) is 0 Å². The quantitative estimate of drug-likeness (QED) is 0.433. The lowest BCUT2D eigenvalue weighted by atomic mass is 9.89. The third-order valence-electron chi connectivity index (χ3n) is 6.28. The standard InChI is InChI=1S/C27H37N3O6/c1-15(2)24-26(34)28-14-23(33)36-25(17(4)11-20-9-8-10-21(31)13-20)18(5)16(3)12-22(32)29-19(6)27(35)30(24)7/h8-11,13,15,18-19,24-25,31H,3,12,14H2,1-2,4-7H3,(H,28,34)(H,29,32)/b17-11+/t18-,19+,24+,25+/m1/s1. The maximum Gasteiger partial charge on any atom is 0.326 e. The molecule has 0 radical (unpaired) electrons. The number of carbonyl (C=O) groups is 4. The molecule has 1 heterocycles. The minimum Gasteiger partial charge on any atom is -0.508 e. The molecular formula is C27H37N3O6. The van der Waals surface area contributed by atoms with Crippen LogP contribution in [0.4, 0.5) is 0 Å². The van der Waals surface area contributed by atoms with E-state index in [1.54, 1.807) is 65.0 Å². The van der Waals surface area contributed by atoms with Gasteiger partial charge in [-0.05, 0) is 43.0 Å². The topological polar surface area (TPSA) is 125 Å². The molecule has 1 saturated heterocycles. The van der Waals surface area contributed by atoms with Crippen LogP contribution in [0, 0.1) is 11.8 Å². The summed E-state index contributed by atoms with van der Waals surface area (Å²) in [6, 6.07) is 4.93. The molecule has 36 heavy (non-hydrogen) atoms. The van der Waals surface area contributed by atoms with E-state index in [0.717, 1.165) is 0 Å². The molecule has 1 aliphatic heterocycles. The van der Waals surface area contributed by atoms with Gasteiger partial charge in [-0.2, -0.15) is 0 Å². The highest BCUT2D eigenvalue weighted by Crippen LogP contribution is 2.27. The fourth-order valence-corrected chi connectivity index (χ4v) is 4.30. The van der Waals surface area contributed by atoms with Crippen molar-refractivity contribution in [2.24, 2.45) is 11.8 Å². The first-order chi connectivity index (χ1) is 16.8. The lowest BCUT2D eigenvalue weighted by molar-refractivity contribution is -0.149. The number of carbonyl (C=O) groups excluding carboxylic acids is 4. The number of benzene rings is 1. The Morgan fingerprint density at radius 2 is 1.89 bits per heavy atom. The second-order valence-electron chi connectivity index (χ2n) is 9.66. The van der Waals surface area contributed by atoms with Crippen LogP contribution >= 0.6 is 0 Å². The molecule has 2 rings (SSSR count). The van der Waals surface area contributed by atoms with E-state index >= 15 is 0 Å². The van der Waals surface area contributed by atoms with E-state index in [4.69, 9.17) is 4.74 Å². The number of nitrogens with zero attached hydrogens (tertiary/aromatic N) is 1. The molecule has 1 aromatic rings. The maximum atomic E-state index is 12.9. The van der Waals surface area contributed by atoms with Crippen LogP contribution in [0.15, 0.2) is 42.0 Å². The average molecular weight is 500 g/mol. The van der Waals surface area contributed by atoms with Crippen LogP contribution in [0.5, 0.6) is 5.75 Å². The van der Waals surface area contributed by atoms with E-state index in [-0.39, 0.29) is 24.6 Å². The average Bonchev–Trinajstić information content (AvgIpc) is 2.79. The SMILES string of the molecule is C=C1CC(=O)N[C@@H](C)C(=O)N(C)[C@@H](C(C)C)C(=O)NCC(=O)O[C@@H](/C(C)=C/c2cccc(O)c2)[C@@H]1C. The summed E-state index contributed by atoms with van der Waals surface area (Å²) in [5.41, 5.74) is 1.89. The van der Waals surface area contributed by atoms with E-state index < -0.39 is 47.8 Å². The molecule has 1 aromatic carbocycles. The van der Waals surface area contributed by atoms with Gasteiger partial charge in [0, 0.05) is 19.4 Å². The Morgan fingerprint density at radius 3 is 2.50 bits per heavy atom. The van der Waals surface area contributed by atoms with Crippen molar-refractivity contribution in [2.75, 3.05) is 13.6 Å². The number of hydrogen-bond donors (Lipinski definition) is 3. The molecule has 196 valence electrons. The molecule has 3 N–H and O–H groups in total. The van der Waals surface area contributed by atoms with Gasteiger partial charge in [0.1, 0.15) is 30.5 Å². The number of ether oxygens (including phenoxy) is 1. The zero-order chi connectivity index (χ0) is 27.2. The van der Waals surface area contributed by atoms with E-state index in [2.05, 4.69) is 17.2 Å². The van der Waals surface area contributed by atoms with E-state index in [0.29, 0.717) is 16.7 Å². The second-order valence-corrected chi connectivity index (χ2v) is 9.66.